The number of carbonyl (C=O) groups is 1. The van der Waals surface area contributed by atoms with Gasteiger partial charge in [0.2, 0.25) is 5.91 Å². The zero-order chi connectivity index (χ0) is 12.1. The number of aromatic hydroxyl groups is 1. The lowest BCUT2D eigenvalue weighted by Crippen LogP contribution is -2.28. The molecule has 0 aromatic heterocycles. The molecule has 0 atom stereocenters. The smallest absolute Gasteiger partial charge is 0.244 e. The molecule has 0 fully saturated rings. The van der Waals surface area contributed by atoms with Crippen LogP contribution in [0.4, 0.5) is 5.69 Å². The minimum atomic E-state index is -0.197. The summed E-state index contributed by atoms with van der Waals surface area (Å²) >= 11 is 0. The summed E-state index contributed by atoms with van der Waals surface area (Å²) in [4.78, 5) is 11.3. The number of halogens is 1. The molecule has 0 aliphatic rings. The molecular formula is C12H17ClN2O2. The van der Waals surface area contributed by atoms with Crippen LogP contribution in [0, 0.1) is 0 Å². The van der Waals surface area contributed by atoms with Gasteiger partial charge in [-0.2, -0.15) is 0 Å². The van der Waals surface area contributed by atoms with Crippen LogP contribution in [0.3, 0.4) is 0 Å². The number of hydrogen-bond acceptors (Lipinski definition) is 3. The van der Waals surface area contributed by atoms with Gasteiger partial charge in [0.1, 0.15) is 5.75 Å². The molecule has 0 heterocycles. The van der Waals surface area contributed by atoms with Crippen molar-refractivity contribution < 1.29 is 9.90 Å². The highest BCUT2D eigenvalue weighted by atomic mass is 35.5. The van der Waals surface area contributed by atoms with Gasteiger partial charge in [-0.25, -0.2) is 0 Å². The molecule has 0 aliphatic heterocycles. The minimum Gasteiger partial charge on any atom is -0.507 e. The van der Waals surface area contributed by atoms with E-state index in [1.165, 1.54) is 18.2 Å². The SMILES string of the molecule is CC(C)NC(=O)/C=C/c1cc(N)ccc1O.Cl. The highest BCUT2D eigenvalue weighted by molar-refractivity contribution is 5.92. The van der Waals surface area contributed by atoms with E-state index >= 15 is 0 Å². The Labute approximate surface area is 107 Å². The second-order valence-electron chi connectivity index (χ2n) is 3.81. The number of phenolic OH excluding ortho intramolecular Hbond substituents is 1. The first kappa shape index (κ1) is 15.3. The van der Waals surface area contributed by atoms with Crippen LogP contribution in [0.1, 0.15) is 19.4 Å². The zero-order valence-electron chi connectivity index (χ0n) is 9.81. The molecule has 0 bridgehead atoms. The fraction of sp³-hybridized carbons (Fsp3) is 0.250. The number of rotatable bonds is 3. The Morgan fingerprint density at radius 3 is 2.71 bits per heavy atom. The second-order valence-corrected chi connectivity index (χ2v) is 3.81. The Balaban J connectivity index is 0.00000256. The first-order valence-corrected chi connectivity index (χ1v) is 5.06. The standard InChI is InChI=1S/C12H16N2O2.ClH/c1-8(2)14-12(16)6-3-9-7-10(13)4-5-11(9)15;/h3-8,15H,13H2,1-2H3,(H,14,16);1H/b6-3+;. The maximum Gasteiger partial charge on any atom is 0.244 e. The molecule has 0 unspecified atom stereocenters. The molecule has 1 rings (SSSR count). The quantitative estimate of drug-likeness (QED) is 0.439. The van der Waals surface area contributed by atoms with Gasteiger partial charge in [-0.15, -0.1) is 12.4 Å². The molecule has 1 aromatic rings. The Hall–Kier alpha value is -1.68. The molecule has 0 saturated heterocycles. The molecule has 5 heteroatoms. The van der Waals surface area contributed by atoms with E-state index in [0.29, 0.717) is 11.3 Å². The van der Waals surface area contributed by atoms with Gasteiger partial charge in [0.25, 0.3) is 0 Å². The monoisotopic (exact) mass is 256 g/mol. The Morgan fingerprint density at radius 1 is 1.47 bits per heavy atom. The van der Waals surface area contributed by atoms with Crippen LogP contribution in [0.25, 0.3) is 6.08 Å². The summed E-state index contributed by atoms with van der Waals surface area (Å²) in [6.07, 6.45) is 2.90. The fourth-order valence-corrected chi connectivity index (χ4v) is 1.20. The maximum atomic E-state index is 11.3. The van der Waals surface area contributed by atoms with Gasteiger partial charge >= 0.3 is 0 Å². The lowest BCUT2D eigenvalue weighted by molar-refractivity contribution is -0.116. The van der Waals surface area contributed by atoms with Crippen molar-refractivity contribution in [1.82, 2.24) is 5.32 Å². The average Bonchev–Trinajstić information content (AvgIpc) is 2.18. The van der Waals surface area contributed by atoms with Gasteiger partial charge < -0.3 is 16.2 Å². The number of carbonyl (C=O) groups excluding carboxylic acids is 1. The number of nitrogens with two attached hydrogens (primary N) is 1. The molecular weight excluding hydrogens is 240 g/mol. The van der Waals surface area contributed by atoms with Crippen molar-refractivity contribution >= 4 is 30.1 Å². The number of nitrogen functional groups attached to an aromatic ring is 1. The van der Waals surface area contributed by atoms with E-state index in [9.17, 15) is 9.90 Å². The molecule has 1 aromatic carbocycles. The van der Waals surface area contributed by atoms with E-state index in [1.54, 1.807) is 12.1 Å². The number of nitrogens with one attached hydrogen (secondary N) is 1. The van der Waals surface area contributed by atoms with Crippen LogP contribution in [0.2, 0.25) is 0 Å². The first-order valence-electron chi connectivity index (χ1n) is 5.06. The van der Waals surface area contributed by atoms with E-state index in [0.717, 1.165) is 0 Å². The van der Waals surface area contributed by atoms with Crippen LogP contribution in [0.15, 0.2) is 24.3 Å². The van der Waals surface area contributed by atoms with Gasteiger partial charge in [0.15, 0.2) is 0 Å². The third-order valence-corrected chi connectivity index (χ3v) is 1.90. The van der Waals surface area contributed by atoms with Crippen molar-refractivity contribution in [2.45, 2.75) is 19.9 Å². The van der Waals surface area contributed by atoms with Gasteiger partial charge in [-0.1, -0.05) is 0 Å². The van der Waals surface area contributed by atoms with Crippen LogP contribution in [-0.2, 0) is 4.79 Å². The predicted octanol–water partition coefficient (Wildman–Crippen LogP) is 1.93. The lowest BCUT2D eigenvalue weighted by atomic mass is 10.1. The molecule has 17 heavy (non-hydrogen) atoms. The Kier molecular flexibility index (Phi) is 6.13. The lowest BCUT2D eigenvalue weighted by Gasteiger charge is -2.04. The summed E-state index contributed by atoms with van der Waals surface area (Å²) in [5.41, 5.74) is 6.64. The molecule has 0 radical (unpaired) electrons. The van der Waals surface area contributed by atoms with Crippen LogP contribution in [-0.4, -0.2) is 17.1 Å². The molecule has 4 N–H and O–H groups in total. The molecule has 0 spiro atoms. The summed E-state index contributed by atoms with van der Waals surface area (Å²) < 4.78 is 0. The molecule has 1 amide bonds. The number of hydrogen-bond donors (Lipinski definition) is 3. The van der Waals surface area contributed by atoms with Gasteiger partial charge in [-0.05, 0) is 38.1 Å². The summed E-state index contributed by atoms with van der Waals surface area (Å²) in [6.45, 7) is 3.76. The van der Waals surface area contributed by atoms with Crippen molar-refractivity contribution in [1.29, 1.82) is 0 Å². The van der Waals surface area contributed by atoms with E-state index in [2.05, 4.69) is 5.32 Å². The number of anilines is 1. The average molecular weight is 257 g/mol. The third kappa shape index (κ3) is 5.26. The topological polar surface area (TPSA) is 75.4 Å². The third-order valence-electron chi connectivity index (χ3n) is 1.90. The van der Waals surface area contributed by atoms with Gasteiger partial charge in [0, 0.05) is 23.4 Å². The highest BCUT2D eigenvalue weighted by Gasteiger charge is 2.00. The number of phenols is 1. The first-order chi connectivity index (χ1) is 7.49. The normalized spacial score (nSPS) is 10.3. The summed E-state index contributed by atoms with van der Waals surface area (Å²) in [5.74, 6) is -0.0976. The van der Waals surface area contributed by atoms with E-state index in [1.807, 2.05) is 13.8 Å². The molecule has 0 saturated carbocycles. The number of amides is 1. The van der Waals surface area contributed by atoms with Crippen LogP contribution < -0.4 is 11.1 Å². The predicted molar refractivity (Wildman–Crippen MR) is 72.1 cm³/mol. The zero-order valence-corrected chi connectivity index (χ0v) is 10.6. The summed E-state index contributed by atoms with van der Waals surface area (Å²) in [6, 6.07) is 4.79. The van der Waals surface area contributed by atoms with E-state index in [4.69, 9.17) is 5.73 Å². The van der Waals surface area contributed by atoms with Crippen molar-refractivity contribution in [2.75, 3.05) is 5.73 Å². The molecule has 4 nitrogen and oxygen atoms in total. The second kappa shape index (κ2) is 6.81. The van der Waals surface area contributed by atoms with Crippen LogP contribution in [0.5, 0.6) is 5.75 Å². The van der Waals surface area contributed by atoms with Crippen molar-refractivity contribution in [3.8, 4) is 5.75 Å². The van der Waals surface area contributed by atoms with Gasteiger partial charge in [-0.3, -0.25) is 4.79 Å². The summed E-state index contributed by atoms with van der Waals surface area (Å²) in [5, 5.41) is 12.2. The van der Waals surface area contributed by atoms with E-state index < -0.39 is 0 Å². The van der Waals surface area contributed by atoms with Gasteiger partial charge in [0.05, 0.1) is 0 Å². The Bertz CT molecular complexity index is 417. The van der Waals surface area contributed by atoms with Crippen molar-refractivity contribution in [3.63, 3.8) is 0 Å². The minimum absolute atomic E-state index is 0. The Morgan fingerprint density at radius 2 is 2.12 bits per heavy atom. The van der Waals surface area contributed by atoms with Crippen molar-refractivity contribution in [2.24, 2.45) is 0 Å². The molecule has 94 valence electrons. The number of benzene rings is 1. The van der Waals surface area contributed by atoms with E-state index in [-0.39, 0.29) is 30.1 Å². The maximum absolute atomic E-state index is 11.3. The fourth-order valence-electron chi connectivity index (χ4n) is 1.20. The largest absolute Gasteiger partial charge is 0.507 e. The highest BCUT2D eigenvalue weighted by Crippen LogP contribution is 2.20. The van der Waals surface area contributed by atoms with Crippen LogP contribution >= 0.6 is 12.4 Å². The molecule has 0 aliphatic carbocycles. The summed E-state index contributed by atoms with van der Waals surface area (Å²) in [7, 11) is 0. The van der Waals surface area contributed by atoms with Crippen molar-refractivity contribution in [3.05, 3.63) is 29.8 Å².